The molecular formula is C7H14O3. The quantitative estimate of drug-likeness (QED) is 0.635. The van der Waals surface area contributed by atoms with Crippen LogP contribution in [-0.2, 0) is 9.53 Å². The lowest BCUT2D eigenvalue weighted by atomic mass is 10.1. The average Bonchev–Trinajstić information content (AvgIpc) is 1.90. The van der Waals surface area contributed by atoms with Crippen LogP contribution in [0.25, 0.3) is 0 Å². The SMILES string of the molecule is CCC(CCC(=O)O)OC. The predicted octanol–water partition coefficient (Wildman–Crippen LogP) is 1.28. The second-order valence-electron chi connectivity index (χ2n) is 2.20. The van der Waals surface area contributed by atoms with E-state index in [-0.39, 0.29) is 12.5 Å². The lowest BCUT2D eigenvalue weighted by Gasteiger charge is -2.09. The van der Waals surface area contributed by atoms with E-state index in [4.69, 9.17) is 9.84 Å². The molecule has 0 amide bonds. The third-order valence-electron chi connectivity index (χ3n) is 1.47. The number of rotatable bonds is 5. The maximum atomic E-state index is 10.1. The Hall–Kier alpha value is -0.570. The Morgan fingerprint density at radius 3 is 2.60 bits per heavy atom. The summed E-state index contributed by atoms with van der Waals surface area (Å²) in [6.07, 6.45) is 1.80. The van der Waals surface area contributed by atoms with Gasteiger partial charge in [-0.05, 0) is 12.8 Å². The van der Waals surface area contributed by atoms with Crippen molar-refractivity contribution in [3.8, 4) is 0 Å². The maximum absolute atomic E-state index is 10.1. The molecule has 3 nitrogen and oxygen atoms in total. The number of hydrogen-bond donors (Lipinski definition) is 1. The molecule has 0 aliphatic carbocycles. The molecule has 1 unspecified atom stereocenters. The van der Waals surface area contributed by atoms with E-state index in [1.54, 1.807) is 7.11 Å². The maximum Gasteiger partial charge on any atom is 0.303 e. The Balaban J connectivity index is 3.34. The molecule has 0 aromatic rings. The van der Waals surface area contributed by atoms with E-state index in [9.17, 15) is 4.79 Å². The van der Waals surface area contributed by atoms with Crippen LogP contribution in [0.15, 0.2) is 0 Å². The van der Waals surface area contributed by atoms with Crippen molar-refractivity contribution in [1.29, 1.82) is 0 Å². The molecule has 0 saturated heterocycles. The average molecular weight is 146 g/mol. The molecule has 0 rings (SSSR count). The van der Waals surface area contributed by atoms with Gasteiger partial charge in [0.05, 0.1) is 6.10 Å². The first-order valence-electron chi connectivity index (χ1n) is 3.45. The molecule has 0 aliphatic heterocycles. The topological polar surface area (TPSA) is 46.5 Å². The van der Waals surface area contributed by atoms with Crippen molar-refractivity contribution in [2.75, 3.05) is 7.11 Å². The third kappa shape index (κ3) is 4.32. The highest BCUT2D eigenvalue weighted by Gasteiger charge is 2.05. The van der Waals surface area contributed by atoms with Crippen molar-refractivity contribution in [3.05, 3.63) is 0 Å². The van der Waals surface area contributed by atoms with Crippen LogP contribution in [0.1, 0.15) is 26.2 Å². The van der Waals surface area contributed by atoms with Crippen LogP contribution in [0.4, 0.5) is 0 Å². The zero-order valence-corrected chi connectivity index (χ0v) is 6.46. The second-order valence-corrected chi connectivity index (χ2v) is 2.20. The number of aliphatic carboxylic acids is 1. The molecule has 10 heavy (non-hydrogen) atoms. The van der Waals surface area contributed by atoms with Gasteiger partial charge in [0, 0.05) is 13.5 Å². The van der Waals surface area contributed by atoms with Crippen LogP contribution in [0, 0.1) is 0 Å². The van der Waals surface area contributed by atoms with Gasteiger partial charge >= 0.3 is 5.97 Å². The van der Waals surface area contributed by atoms with Gasteiger partial charge in [-0.1, -0.05) is 6.92 Å². The fourth-order valence-corrected chi connectivity index (χ4v) is 0.773. The van der Waals surface area contributed by atoms with Gasteiger partial charge in [-0.25, -0.2) is 0 Å². The standard InChI is InChI=1S/C7H14O3/c1-3-6(10-2)4-5-7(8)9/h6H,3-5H2,1-2H3,(H,8,9). The number of carbonyl (C=O) groups is 1. The Kier molecular flexibility index (Phi) is 4.94. The minimum Gasteiger partial charge on any atom is -0.481 e. The van der Waals surface area contributed by atoms with Crippen molar-refractivity contribution in [2.24, 2.45) is 0 Å². The summed E-state index contributed by atoms with van der Waals surface area (Å²) in [4.78, 5) is 10.1. The van der Waals surface area contributed by atoms with E-state index in [0.29, 0.717) is 6.42 Å². The molecule has 0 radical (unpaired) electrons. The third-order valence-corrected chi connectivity index (χ3v) is 1.47. The molecule has 0 aromatic carbocycles. The highest BCUT2D eigenvalue weighted by Crippen LogP contribution is 2.04. The summed E-state index contributed by atoms with van der Waals surface area (Å²) in [6, 6.07) is 0. The van der Waals surface area contributed by atoms with Gasteiger partial charge in [-0.3, -0.25) is 4.79 Å². The molecule has 0 aliphatic rings. The highest BCUT2D eigenvalue weighted by molar-refractivity contribution is 5.66. The van der Waals surface area contributed by atoms with Crippen LogP contribution in [0.3, 0.4) is 0 Å². The molecule has 0 saturated carbocycles. The summed E-state index contributed by atoms with van der Waals surface area (Å²) >= 11 is 0. The van der Waals surface area contributed by atoms with Gasteiger partial charge in [0.1, 0.15) is 0 Å². The van der Waals surface area contributed by atoms with Gasteiger partial charge in [0.15, 0.2) is 0 Å². The molecule has 1 N–H and O–H groups in total. The summed E-state index contributed by atoms with van der Waals surface area (Å²) in [5.41, 5.74) is 0. The number of ether oxygens (including phenoxy) is 1. The van der Waals surface area contributed by atoms with Crippen LogP contribution in [-0.4, -0.2) is 24.3 Å². The summed E-state index contributed by atoms with van der Waals surface area (Å²) in [6.45, 7) is 1.98. The van der Waals surface area contributed by atoms with Gasteiger partial charge in [-0.2, -0.15) is 0 Å². The second kappa shape index (κ2) is 5.23. The van der Waals surface area contributed by atoms with Crippen LogP contribution < -0.4 is 0 Å². The van der Waals surface area contributed by atoms with E-state index in [0.717, 1.165) is 6.42 Å². The van der Waals surface area contributed by atoms with Crippen molar-refractivity contribution in [3.63, 3.8) is 0 Å². The molecule has 0 heterocycles. The Morgan fingerprint density at radius 2 is 2.30 bits per heavy atom. The van der Waals surface area contributed by atoms with Crippen LogP contribution in [0.2, 0.25) is 0 Å². The van der Waals surface area contributed by atoms with Gasteiger partial charge < -0.3 is 9.84 Å². The van der Waals surface area contributed by atoms with E-state index in [1.807, 2.05) is 6.92 Å². The predicted molar refractivity (Wildman–Crippen MR) is 38.0 cm³/mol. The Bertz CT molecular complexity index is 97.0. The van der Waals surface area contributed by atoms with Crippen LogP contribution >= 0.6 is 0 Å². The van der Waals surface area contributed by atoms with Crippen LogP contribution in [0.5, 0.6) is 0 Å². The number of methoxy groups -OCH3 is 1. The number of carboxylic acids is 1. The smallest absolute Gasteiger partial charge is 0.303 e. The summed E-state index contributed by atoms with van der Waals surface area (Å²) in [5.74, 6) is -0.754. The summed E-state index contributed by atoms with van der Waals surface area (Å²) < 4.78 is 4.99. The van der Waals surface area contributed by atoms with E-state index in [1.165, 1.54) is 0 Å². The molecule has 0 aromatic heterocycles. The summed E-state index contributed by atoms with van der Waals surface area (Å²) in [7, 11) is 1.61. The number of carboxylic acid groups (broad SMARTS) is 1. The largest absolute Gasteiger partial charge is 0.481 e. The molecule has 0 bridgehead atoms. The zero-order valence-electron chi connectivity index (χ0n) is 6.46. The van der Waals surface area contributed by atoms with Crippen molar-refractivity contribution < 1.29 is 14.6 Å². The zero-order chi connectivity index (χ0) is 7.98. The lowest BCUT2D eigenvalue weighted by Crippen LogP contribution is -2.10. The molecule has 60 valence electrons. The van der Waals surface area contributed by atoms with Gasteiger partial charge in [-0.15, -0.1) is 0 Å². The fraction of sp³-hybridized carbons (Fsp3) is 0.857. The van der Waals surface area contributed by atoms with E-state index >= 15 is 0 Å². The minimum absolute atomic E-state index is 0.107. The minimum atomic E-state index is -0.754. The van der Waals surface area contributed by atoms with E-state index in [2.05, 4.69) is 0 Å². The first kappa shape index (κ1) is 9.43. The first-order valence-corrected chi connectivity index (χ1v) is 3.45. The highest BCUT2D eigenvalue weighted by atomic mass is 16.5. The van der Waals surface area contributed by atoms with Gasteiger partial charge in [0.2, 0.25) is 0 Å². The monoisotopic (exact) mass is 146 g/mol. The van der Waals surface area contributed by atoms with Gasteiger partial charge in [0.25, 0.3) is 0 Å². The van der Waals surface area contributed by atoms with Crippen molar-refractivity contribution >= 4 is 5.97 Å². The lowest BCUT2D eigenvalue weighted by molar-refractivity contribution is -0.137. The Morgan fingerprint density at radius 1 is 1.70 bits per heavy atom. The fourth-order valence-electron chi connectivity index (χ4n) is 0.773. The first-order chi connectivity index (χ1) is 4.70. The Labute approximate surface area is 61.0 Å². The molecular weight excluding hydrogens is 132 g/mol. The molecule has 3 heteroatoms. The van der Waals surface area contributed by atoms with E-state index < -0.39 is 5.97 Å². The van der Waals surface area contributed by atoms with Crippen molar-refractivity contribution in [2.45, 2.75) is 32.3 Å². The molecule has 0 spiro atoms. The normalized spacial score (nSPS) is 13.0. The molecule has 1 atom stereocenters. The number of hydrogen-bond acceptors (Lipinski definition) is 2. The summed E-state index contributed by atoms with van der Waals surface area (Å²) in [5, 5.41) is 8.30. The molecule has 0 fully saturated rings. The van der Waals surface area contributed by atoms with Crippen molar-refractivity contribution in [1.82, 2.24) is 0 Å².